The Labute approximate surface area is 101 Å². The predicted octanol–water partition coefficient (Wildman–Crippen LogP) is 0.185. The molecule has 0 bridgehead atoms. The molecular formula is C12H18N4O. The van der Waals surface area contributed by atoms with Gasteiger partial charge < -0.3 is 15.4 Å². The van der Waals surface area contributed by atoms with E-state index in [1.807, 2.05) is 6.07 Å². The Bertz CT molecular complexity index is 398. The minimum Gasteiger partial charge on any atom is -0.396 e. The van der Waals surface area contributed by atoms with Gasteiger partial charge in [0.2, 0.25) is 0 Å². The predicted molar refractivity (Wildman–Crippen MR) is 67.0 cm³/mol. The first kappa shape index (κ1) is 10.8. The summed E-state index contributed by atoms with van der Waals surface area (Å²) in [7, 11) is 0. The smallest absolute Gasteiger partial charge is 0.0738 e. The molecule has 0 aliphatic carbocycles. The maximum atomic E-state index is 5.97. The lowest BCUT2D eigenvalue weighted by Crippen LogP contribution is -2.58. The summed E-state index contributed by atoms with van der Waals surface area (Å²) in [6, 6.07) is 2.50. The number of nitrogens with zero attached hydrogens (tertiary/aromatic N) is 3. The van der Waals surface area contributed by atoms with E-state index in [0.717, 1.165) is 50.8 Å². The van der Waals surface area contributed by atoms with E-state index in [1.54, 1.807) is 12.4 Å². The topological polar surface area (TPSA) is 54.6 Å². The first-order valence-corrected chi connectivity index (χ1v) is 6.11. The SMILES string of the molecule is Nc1cnccc1N1CCN2CCOC[C@@H]2C1. The Balaban J connectivity index is 1.76. The fourth-order valence-corrected chi connectivity index (χ4v) is 2.65. The molecule has 0 radical (unpaired) electrons. The third-order valence-corrected chi connectivity index (χ3v) is 3.61. The van der Waals surface area contributed by atoms with E-state index in [2.05, 4.69) is 14.8 Å². The minimum atomic E-state index is 0.505. The van der Waals surface area contributed by atoms with Crippen LogP contribution in [0.25, 0.3) is 0 Å². The van der Waals surface area contributed by atoms with Gasteiger partial charge in [-0.25, -0.2) is 0 Å². The first-order chi connectivity index (χ1) is 8.34. The van der Waals surface area contributed by atoms with Crippen molar-refractivity contribution in [1.29, 1.82) is 0 Å². The lowest BCUT2D eigenvalue weighted by atomic mass is 10.1. The zero-order valence-electron chi connectivity index (χ0n) is 9.88. The average Bonchev–Trinajstić information content (AvgIpc) is 2.39. The summed E-state index contributed by atoms with van der Waals surface area (Å²) in [6.07, 6.45) is 3.52. The van der Waals surface area contributed by atoms with Gasteiger partial charge in [-0.1, -0.05) is 0 Å². The van der Waals surface area contributed by atoms with Crippen molar-refractivity contribution in [2.45, 2.75) is 6.04 Å². The fraction of sp³-hybridized carbons (Fsp3) is 0.583. The quantitative estimate of drug-likeness (QED) is 0.751. The molecule has 1 atom stereocenters. The molecule has 3 heterocycles. The second-order valence-corrected chi connectivity index (χ2v) is 4.65. The van der Waals surface area contributed by atoms with Gasteiger partial charge in [0.15, 0.2) is 0 Å². The molecule has 3 rings (SSSR count). The molecule has 0 unspecified atom stereocenters. The van der Waals surface area contributed by atoms with Crippen LogP contribution in [-0.2, 0) is 4.74 Å². The second kappa shape index (κ2) is 4.50. The lowest BCUT2D eigenvalue weighted by molar-refractivity contribution is -0.0116. The van der Waals surface area contributed by atoms with Crippen molar-refractivity contribution < 1.29 is 4.74 Å². The van der Waals surface area contributed by atoms with Crippen LogP contribution in [0.3, 0.4) is 0 Å². The van der Waals surface area contributed by atoms with Gasteiger partial charge in [-0.15, -0.1) is 0 Å². The number of hydrogen-bond acceptors (Lipinski definition) is 5. The van der Waals surface area contributed by atoms with Gasteiger partial charge in [0.05, 0.1) is 36.8 Å². The van der Waals surface area contributed by atoms with Crippen LogP contribution in [0.1, 0.15) is 0 Å². The van der Waals surface area contributed by atoms with E-state index in [9.17, 15) is 0 Å². The van der Waals surface area contributed by atoms with E-state index in [4.69, 9.17) is 10.5 Å². The number of fused-ring (bicyclic) bond motifs is 1. The van der Waals surface area contributed by atoms with Crippen molar-refractivity contribution in [3.8, 4) is 0 Å². The number of piperazine rings is 1. The maximum absolute atomic E-state index is 5.97. The maximum Gasteiger partial charge on any atom is 0.0738 e. The number of nitrogens with two attached hydrogens (primary N) is 1. The van der Waals surface area contributed by atoms with Crippen LogP contribution in [0.4, 0.5) is 11.4 Å². The fourth-order valence-electron chi connectivity index (χ4n) is 2.65. The number of nitrogen functional groups attached to an aromatic ring is 1. The van der Waals surface area contributed by atoms with Crippen LogP contribution in [0.5, 0.6) is 0 Å². The summed E-state index contributed by atoms with van der Waals surface area (Å²) in [5, 5.41) is 0. The van der Waals surface area contributed by atoms with Crippen LogP contribution in [0, 0.1) is 0 Å². The first-order valence-electron chi connectivity index (χ1n) is 6.11. The molecular weight excluding hydrogens is 216 g/mol. The van der Waals surface area contributed by atoms with Gasteiger partial charge in [-0.2, -0.15) is 0 Å². The van der Waals surface area contributed by atoms with Gasteiger partial charge in [0, 0.05) is 32.4 Å². The third-order valence-electron chi connectivity index (χ3n) is 3.61. The van der Waals surface area contributed by atoms with Gasteiger partial charge in [0.1, 0.15) is 0 Å². The third kappa shape index (κ3) is 2.08. The van der Waals surface area contributed by atoms with E-state index < -0.39 is 0 Å². The summed E-state index contributed by atoms with van der Waals surface area (Å²) >= 11 is 0. The number of rotatable bonds is 1. The normalized spacial score (nSPS) is 25.6. The number of anilines is 2. The molecule has 2 N–H and O–H groups in total. The molecule has 17 heavy (non-hydrogen) atoms. The molecule has 0 aromatic carbocycles. The van der Waals surface area contributed by atoms with Crippen LogP contribution in [0.15, 0.2) is 18.5 Å². The van der Waals surface area contributed by atoms with E-state index in [-0.39, 0.29) is 0 Å². The zero-order valence-corrected chi connectivity index (χ0v) is 9.88. The number of aromatic nitrogens is 1. The standard InChI is InChI=1S/C12H18N4O/c13-11-7-14-2-1-12(11)16-4-3-15-5-6-17-9-10(15)8-16/h1-2,7,10H,3-6,8-9,13H2/t10-/m0/s1. The summed E-state index contributed by atoms with van der Waals surface area (Å²) in [5.74, 6) is 0. The van der Waals surface area contributed by atoms with Crippen molar-refractivity contribution in [3.63, 3.8) is 0 Å². The summed E-state index contributed by atoms with van der Waals surface area (Å²) in [4.78, 5) is 8.89. The van der Waals surface area contributed by atoms with Crippen LogP contribution < -0.4 is 10.6 Å². The van der Waals surface area contributed by atoms with Crippen molar-refractivity contribution in [1.82, 2.24) is 9.88 Å². The second-order valence-electron chi connectivity index (χ2n) is 4.65. The average molecular weight is 234 g/mol. The lowest BCUT2D eigenvalue weighted by Gasteiger charge is -2.44. The Kier molecular flexibility index (Phi) is 2.86. The number of pyridine rings is 1. The molecule has 1 aromatic heterocycles. The van der Waals surface area contributed by atoms with Crippen molar-refractivity contribution in [2.24, 2.45) is 0 Å². The minimum absolute atomic E-state index is 0.505. The number of hydrogen-bond donors (Lipinski definition) is 1. The number of morpholine rings is 1. The summed E-state index contributed by atoms with van der Waals surface area (Å²) in [5.41, 5.74) is 7.83. The molecule has 2 aliphatic rings. The highest BCUT2D eigenvalue weighted by Gasteiger charge is 2.30. The Morgan fingerprint density at radius 1 is 1.35 bits per heavy atom. The highest BCUT2D eigenvalue weighted by molar-refractivity contribution is 5.66. The van der Waals surface area contributed by atoms with Crippen LogP contribution >= 0.6 is 0 Å². The molecule has 5 heteroatoms. The van der Waals surface area contributed by atoms with E-state index in [0.29, 0.717) is 6.04 Å². The molecule has 2 saturated heterocycles. The van der Waals surface area contributed by atoms with Crippen molar-refractivity contribution in [3.05, 3.63) is 18.5 Å². The summed E-state index contributed by atoms with van der Waals surface area (Å²) < 4.78 is 5.54. The Morgan fingerprint density at radius 3 is 3.18 bits per heavy atom. The van der Waals surface area contributed by atoms with Crippen molar-refractivity contribution in [2.75, 3.05) is 50.0 Å². The van der Waals surface area contributed by atoms with Crippen LogP contribution in [-0.4, -0.2) is 55.3 Å². The highest BCUT2D eigenvalue weighted by atomic mass is 16.5. The molecule has 0 saturated carbocycles. The molecule has 1 aromatic rings. The molecule has 2 fully saturated rings. The van der Waals surface area contributed by atoms with Crippen LogP contribution in [0.2, 0.25) is 0 Å². The molecule has 5 nitrogen and oxygen atoms in total. The van der Waals surface area contributed by atoms with Gasteiger partial charge in [0.25, 0.3) is 0 Å². The Morgan fingerprint density at radius 2 is 2.29 bits per heavy atom. The monoisotopic (exact) mass is 234 g/mol. The van der Waals surface area contributed by atoms with Gasteiger partial charge in [-0.3, -0.25) is 9.88 Å². The largest absolute Gasteiger partial charge is 0.396 e. The highest BCUT2D eigenvalue weighted by Crippen LogP contribution is 2.25. The van der Waals surface area contributed by atoms with E-state index >= 15 is 0 Å². The van der Waals surface area contributed by atoms with E-state index in [1.165, 1.54) is 0 Å². The van der Waals surface area contributed by atoms with Gasteiger partial charge in [-0.05, 0) is 6.07 Å². The molecule has 92 valence electrons. The Hall–Kier alpha value is -1.33. The molecule has 0 amide bonds. The van der Waals surface area contributed by atoms with Crippen molar-refractivity contribution >= 4 is 11.4 Å². The number of ether oxygens (including phenoxy) is 1. The molecule has 2 aliphatic heterocycles. The summed E-state index contributed by atoms with van der Waals surface area (Å²) in [6.45, 7) is 5.88. The van der Waals surface area contributed by atoms with Gasteiger partial charge >= 0.3 is 0 Å². The molecule has 0 spiro atoms. The zero-order chi connectivity index (χ0) is 11.7.